The molecule has 0 atom stereocenters. The smallest absolute Gasteiger partial charge is 0.192 e. The summed E-state index contributed by atoms with van der Waals surface area (Å²) in [6.45, 7) is 13.4. The Labute approximate surface area is 129 Å². The van der Waals surface area contributed by atoms with Crippen LogP contribution in [0.3, 0.4) is 0 Å². The predicted molar refractivity (Wildman–Crippen MR) is 88.9 cm³/mol. The zero-order valence-electron chi connectivity index (χ0n) is 14.1. The molecule has 1 aromatic rings. The minimum Gasteiger partial charge on any atom is -0.308 e. The van der Waals surface area contributed by atoms with Crippen LogP contribution in [0, 0.1) is 17.3 Å². The first-order valence-corrected chi connectivity index (χ1v) is 7.75. The Hall–Kier alpha value is -1.59. The Kier molecular flexibility index (Phi) is 6.18. The van der Waals surface area contributed by atoms with Crippen LogP contribution in [0.1, 0.15) is 40.2 Å². The Balaban J connectivity index is 2.82. The SMILES string of the molecule is CC[N+](CC)(CC#Cc1ccccc1)CC(=O)C(C)(C)C. The number of carbonyl (C=O) groups is 1. The third-order valence-electron chi connectivity index (χ3n) is 4.08. The van der Waals surface area contributed by atoms with E-state index in [1.54, 1.807) is 0 Å². The molecule has 1 rings (SSSR count). The average Bonchev–Trinajstić information content (AvgIpc) is 2.46. The molecule has 0 bridgehead atoms. The molecule has 0 aliphatic rings. The van der Waals surface area contributed by atoms with E-state index in [0.717, 1.165) is 29.7 Å². The van der Waals surface area contributed by atoms with Gasteiger partial charge in [0.25, 0.3) is 0 Å². The molecule has 0 spiro atoms. The molecule has 0 fully saturated rings. The van der Waals surface area contributed by atoms with Crippen molar-refractivity contribution in [1.29, 1.82) is 0 Å². The molecule has 0 radical (unpaired) electrons. The molecule has 114 valence electrons. The van der Waals surface area contributed by atoms with Crippen LogP contribution in [-0.4, -0.2) is 36.4 Å². The number of ketones is 1. The lowest BCUT2D eigenvalue weighted by Crippen LogP contribution is -2.53. The maximum absolute atomic E-state index is 12.4. The fourth-order valence-electron chi connectivity index (χ4n) is 2.10. The molecule has 0 saturated heterocycles. The predicted octanol–water partition coefficient (Wildman–Crippen LogP) is 3.51. The Bertz CT molecular complexity index is 510. The van der Waals surface area contributed by atoms with Crippen molar-refractivity contribution in [1.82, 2.24) is 0 Å². The van der Waals surface area contributed by atoms with E-state index < -0.39 is 0 Å². The first-order chi connectivity index (χ1) is 9.83. The lowest BCUT2D eigenvalue weighted by molar-refractivity contribution is -0.910. The largest absolute Gasteiger partial charge is 0.308 e. The van der Waals surface area contributed by atoms with Gasteiger partial charge in [-0.25, -0.2) is 0 Å². The molecule has 2 heteroatoms. The number of quaternary nitrogens is 1. The highest BCUT2D eigenvalue weighted by Crippen LogP contribution is 2.18. The maximum atomic E-state index is 12.4. The molecule has 1 aromatic carbocycles. The van der Waals surface area contributed by atoms with Gasteiger partial charge in [0, 0.05) is 11.0 Å². The molecule has 0 saturated carbocycles. The highest BCUT2D eigenvalue weighted by molar-refractivity contribution is 5.84. The minimum atomic E-state index is -0.277. The summed E-state index contributed by atoms with van der Waals surface area (Å²) in [4.78, 5) is 12.4. The first-order valence-electron chi connectivity index (χ1n) is 7.75. The van der Waals surface area contributed by atoms with Crippen molar-refractivity contribution in [2.24, 2.45) is 5.41 Å². The van der Waals surface area contributed by atoms with Crippen LogP contribution < -0.4 is 0 Å². The van der Waals surface area contributed by atoms with E-state index in [9.17, 15) is 4.79 Å². The van der Waals surface area contributed by atoms with Gasteiger partial charge in [-0.15, -0.1) is 0 Å². The molecule has 0 aliphatic carbocycles. The zero-order valence-corrected chi connectivity index (χ0v) is 14.1. The fraction of sp³-hybridized carbons (Fsp3) is 0.526. The molecule has 0 unspecified atom stereocenters. The third kappa shape index (κ3) is 5.36. The van der Waals surface area contributed by atoms with Crippen molar-refractivity contribution < 1.29 is 9.28 Å². The van der Waals surface area contributed by atoms with Crippen molar-refractivity contribution >= 4 is 5.78 Å². The summed E-state index contributed by atoms with van der Waals surface area (Å²) in [6, 6.07) is 10.0. The quantitative estimate of drug-likeness (QED) is 0.598. The summed E-state index contributed by atoms with van der Waals surface area (Å²) in [5.41, 5.74) is 0.755. The first kappa shape index (κ1) is 17.5. The number of likely N-dealkylation sites (N-methyl/N-ethyl adjacent to an activating group) is 1. The normalized spacial score (nSPS) is 11.7. The third-order valence-corrected chi connectivity index (χ3v) is 4.08. The Morgan fingerprint density at radius 3 is 2.14 bits per heavy atom. The minimum absolute atomic E-state index is 0.277. The van der Waals surface area contributed by atoms with E-state index in [1.807, 2.05) is 51.1 Å². The van der Waals surface area contributed by atoms with E-state index in [2.05, 4.69) is 25.7 Å². The van der Waals surface area contributed by atoms with Crippen molar-refractivity contribution in [2.45, 2.75) is 34.6 Å². The topological polar surface area (TPSA) is 17.1 Å². The van der Waals surface area contributed by atoms with Crippen LogP contribution in [0.15, 0.2) is 30.3 Å². The second kappa shape index (κ2) is 7.43. The van der Waals surface area contributed by atoms with E-state index >= 15 is 0 Å². The highest BCUT2D eigenvalue weighted by atomic mass is 16.1. The van der Waals surface area contributed by atoms with Gasteiger partial charge in [-0.2, -0.15) is 0 Å². The van der Waals surface area contributed by atoms with Crippen molar-refractivity contribution in [3.63, 3.8) is 0 Å². The number of benzene rings is 1. The standard InChI is InChI=1S/C19H28NO/c1-6-20(7-2,16-18(21)19(3,4)5)15-11-14-17-12-9-8-10-13-17/h8-10,12-13H,6-7,15-16H2,1-5H3/q+1. The molecular weight excluding hydrogens is 258 g/mol. The van der Waals surface area contributed by atoms with E-state index in [4.69, 9.17) is 0 Å². The van der Waals surface area contributed by atoms with Crippen LogP contribution in [0.4, 0.5) is 0 Å². The van der Waals surface area contributed by atoms with E-state index in [1.165, 1.54) is 0 Å². The molecule has 2 nitrogen and oxygen atoms in total. The van der Waals surface area contributed by atoms with E-state index in [-0.39, 0.29) is 5.41 Å². The number of Topliss-reactive ketones (excluding diaryl/α,β-unsaturated/α-hetero) is 1. The van der Waals surface area contributed by atoms with Crippen LogP contribution in [0.5, 0.6) is 0 Å². The van der Waals surface area contributed by atoms with Gasteiger partial charge in [0.1, 0.15) is 13.1 Å². The zero-order chi connectivity index (χ0) is 15.9. The molecule has 0 N–H and O–H groups in total. The van der Waals surface area contributed by atoms with Gasteiger partial charge >= 0.3 is 0 Å². The van der Waals surface area contributed by atoms with Gasteiger partial charge in [0.15, 0.2) is 5.78 Å². The van der Waals surface area contributed by atoms with Gasteiger partial charge in [-0.3, -0.25) is 4.79 Å². The number of carbonyl (C=O) groups excluding carboxylic acids is 1. The monoisotopic (exact) mass is 286 g/mol. The number of nitrogens with zero attached hydrogens (tertiary/aromatic N) is 1. The molecule has 0 amide bonds. The molecule has 0 aliphatic heterocycles. The lowest BCUT2D eigenvalue weighted by atomic mass is 9.90. The van der Waals surface area contributed by atoms with Crippen molar-refractivity contribution in [2.75, 3.05) is 26.2 Å². The average molecular weight is 286 g/mol. The molecule has 21 heavy (non-hydrogen) atoms. The van der Waals surface area contributed by atoms with Crippen LogP contribution in [-0.2, 0) is 4.79 Å². The van der Waals surface area contributed by atoms with Crippen LogP contribution >= 0.6 is 0 Å². The lowest BCUT2D eigenvalue weighted by Gasteiger charge is -2.36. The van der Waals surface area contributed by atoms with E-state index in [0.29, 0.717) is 12.3 Å². The molecule has 0 aromatic heterocycles. The van der Waals surface area contributed by atoms with Gasteiger partial charge in [-0.05, 0) is 31.9 Å². The summed E-state index contributed by atoms with van der Waals surface area (Å²) in [5.74, 6) is 6.79. The van der Waals surface area contributed by atoms with Crippen LogP contribution in [0.2, 0.25) is 0 Å². The molecular formula is C19H28NO+. The highest BCUT2D eigenvalue weighted by Gasteiger charge is 2.32. The van der Waals surface area contributed by atoms with Crippen molar-refractivity contribution in [3.05, 3.63) is 35.9 Å². The summed E-state index contributed by atoms with van der Waals surface area (Å²) in [5, 5.41) is 0. The fourth-order valence-corrected chi connectivity index (χ4v) is 2.10. The Morgan fingerprint density at radius 1 is 1.10 bits per heavy atom. The summed E-state index contributed by atoms with van der Waals surface area (Å²) >= 11 is 0. The van der Waals surface area contributed by atoms with Gasteiger partial charge in [0.05, 0.1) is 13.1 Å². The second-order valence-electron chi connectivity index (χ2n) is 6.63. The summed E-state index contributed by atoms with van der Waals surface area (Å²) < 4.78 is 0.746. The van der Waals surface area contributed by atoms with Gasteiger partial charge < -0.3 is 4.48 Å². The number of rotatable bonds is 5. The second-order valence-corrected chi connectivity index (χ2v) is 6.63. The van der Waals surface area contributed by atoms with Gasteiger partial charge in [0.2, 0.25) is 0 Å². The summed E-state index contributed by atoms with van der Waals surface area (Å²) in [6.07, 6.45) is 0. The van der Waals surface area contributed by atoms with Gasteiger partial charge in [-0.1, -0.05) is 44.9 Å². The Morgan fingerprint density at radius 2 is 1.67 bits per heavy atom. The van der Waals surface area contributed by atoms with Crippen LogP contribution in [0.25, 0.3) is 0 Å². The van der Waals surface area contributed by atoms with Crippen molar-refractivity contribution in [3.8, 4) is 11.8 Å². The maximum Gasteiger partial charge on any atom is 0.192 e. The molecule has 0 heterocycles. The number of hydrogen-bond donors (Lipinski definition) is 0. The number of hydrogen-bond acceptors (Lipinski definition) is 1. The summed E-state index contributed by atoms with van der Waals surface area (Å²) in [7, 11) is 0.